The zero-order chi connectivity index (χ0) is 19.7. The molecule has 2 aromatic carbocycles. The minimum atomic E-state index is -0.284. The summed E-state index contributed by atoms with van der Waals surface area (Å²) in [5.74, 6) is 1.53. The van der Waals surface area contributed by atoms with Gasteiger partial charge in [0.1, 0.15) is 11.1 Å². The fourth-order valence-electron chi connectivity index (χ4n) is 3.82. The molecule has 0 aliphatic carbocycles. The van der Waals surface area contributed by atoms with Gasteiger partial charge in [-0.3, -0.25) is 9.59 Å². The Morgan fingerprint density at radius 2 is 1.82 bits per heavy atom. The maximum absolute atomic E-state index is 13.2. The lowest BCUT2D eigenvalue weighted by atomic mass is 10.1. The molecule has 2 unspecified atom stereocenters. The molecule has 2 aliphatic heterocycles. The van der Waals surface area contributed by atoms with Crippen LogP contribution < -0.4 is 9.64 Å². The van der Waals surface area contributed by atoms with Crippen molar-refractivity contribution < 1.29 is 14.3 Å². The third-order valence-corrected chi connectivity index (χ3v) is 6.66. The Hall–Kier alpha value is -2.47. The van der Waals surface area contributed by atoms with E-state index in [-0.39, 0.29) is 29.5 Å². The Kier molecular flexibility index (Phi) is 5.31. The highest BCUT2D eigenvalue weighted by molar-refractivity contribution is 7.99. The standard InChI is InChI=1S/C22H24N2O3S/c1-15-3-7-18(8-4-15)24-14-17(13-20(24)25)21(26)23-11-12-28-22(23)16-5-9-19(27-2)10-6-16/h3-10,17,22H,11-14H2,1-2H3. The van der Waals surface area contributed by atoms with E-state index in [0.29, 0.717) is 6.54 Å². The highest BCUT2D eigenvalue weighted by Gasteiger charge is 2.40. The molecule has 5 nitrogen and oxygen atoms in total. The Morgan fingerprint density at radius 3 is 2.50 bits per heavy atom. The van der Waals surface area contributed by atoms with Gasteiger partial charge in [-0.1, -0.05) is 29.8 Å². The first-order valence-corrected chi connectivity index (χ1v) is 10.5. The molecule has 2 atom stereocenters. The van der Waals surface area contributed by atoms with Crippen LogP contribution in [0, 0.1) is 12.8 Å². The minimum Gasteiger partial charge on any atom is -0.497 e. The molecule has 0 spiro atoms. The molecule has 2 aromatic rings. The van der Waals surface area contributed by atoms with Crippen molar-refractivity contribution in [1.29, 1.82) is 0 Å². The summed E-state index contributed by atoms with van der Waals surface area (Å²) in [7, 11) is 1.64. The van der Waals surface area contributed by atoms with Crippen molar-refractivity contribution in [1.82, 2.24) is 4.90 Å². The zero-order valence-corrected chi connectivity index (χ0v) is 16.9. The van der Waals surface area contributed by atoms with Crippen LogP contribution in [0.5, 0.6) is 5.75 Å². The normalized spacial score (nSPS) is 22.0. The van der Waals surface area contributed by atoms with E-state index in [1.54, 1.807) is 23.8 Å². The molecule has 146 valence electrons. The molecule has 2 fully saturated rings. The van der Waals surface area contributed by atoms with Gasteiger partial charge in [-0.25, -0.2) is 0 Å². The molecule has 0 bridgehead atoms. The van der Waals surface area contributed by atoms with Crippen LogP contribution in [-0.2, 0) is 9.59 Å². The second-order valence-electron chi connectivity index (χ2n) is 7.27. The van der Waals surface area contributed by atoms with Gasteiger partial charge in [-0.15, -0.1) is 11.8 Å². The summed E-state index contributed by atoms with van der Waals surface area (Å²) in [6, 6.07) is 15.8. The number of carbonyl (C=O) groups is 2. The van der Waals surface area contributed by atoms with Gasteiger partial charge in [0.15, 0.2) is 0 Å². The van der Waals surface area contributed by atoms with E-state index in [1.807, 2.05) is 60.4 Å². The van der Waals surface area contributed by atoms with Crippen molar-refractivity contribution in [3.05, 3.63) is 59.7 Å². The maximum Gasteiger partial charge on any atom is 0.229 e. The van der Waals surface area contributed by atoms with Gasteiger partial charge in [-0.05, 0) is 36.8 Å². The third kappa shape index (κ3) is 3.61. The van der Waals surface area contributed by atoms with Crippen LogP contribution in [0.15, 0.2) is 48.5 Å². The molecule has 4 rings (SSSR count). The second-order valence-corrected chi connectivity index (χ2v) is 8.46. The first-order valence-electron chi connectivity index (χ1n) is 9.50. The summed E-state index contributed by atoms with van der Waals surface area (Å²) < 4.78 is 5.23. The lowest BCUT2D eigenvalue weighted by molar-refractivity contribution is -0.136. The monoisotopic (exact) mass is 396 g/mol. The molecule has 0 radical (unpaired) electrons. The SMILES string of the molecule is COc1ccc(C2SCCN2C(=O)C2CC(=O)N(c3ccc(C)cc3)C2)cc1. The Balaban J connectivity index is 1.48. The Labute approximate surface area is 169 Å². The molecule has 2 aliphatic rings. The maximum atomic E-state index is 13.2. The molecule has 0 saturated carbocycles. The van der Waals surface area contributed by atoms with E-state index in [2.05, 4.69) is 0 Å². The van der Waals surface area contributed by atoms with E-state index in [4.69, 9.17) is 4.74 Å². The molecule has 0 aromatic heterocycles. The molecular formula is C22H24N2O3S. The highest BCUT2D eigenvalue weighted by Crippen LogP contribution is 2.40. The van der Waals surface area contributed by atoms with Crippen LogP contribution in [0.1, 0.15) is 22.9 Å². The van der Waals surface area contributed by atoms with E-state index >= 15 is 0 Å². The largest absolute Gasteiger partial charge is 0.497 e. The molecule has 2 saturated heterocycles. The van der Waals surface area contributed by atoms with Crippen LogP contribution in [0.4, 0.5) is 5.69 Å². The molecule has 2 heterocycles. The lowest BCUT2D eigenvalue weighted by Gasteiger charge is -2.27. The van der Waals surface area contributed by atoms with Gasteiger partial charge in [0.2, 0.25) is 11.8 Å². The average molecular weight is 397 g/mol. The average Bonchev–Trinajstić information content (AvgIpc) is 3.35. The van der Waals surface area contributed by atoms with Gasteiger partial charge in [-0.2, -0.15) is 0 Å². The number of benzene rings is 2. The molecular weight excluding hydrogens is 372 g/mol. The summed E-state index contributed by atoms with van der Waals surface area (Å²) >= 11 is 1.77. The van der Waals surface area contributed by atoms with Gasteiger partial charge in [0.05, 0.1) is 13.0 Å². The minimum absolute atomic E-state index is 0.00179. The topological polar surface area (TPSA) is 49.9 Å². The number of aryl methyl sites for hydroxylation is 1. The number of hydrogen-bond donors (Lipinski definition) is 0. The van der Waals surface area contributed by atoms with Crippen LogP contribution in [-0.4, -0.2) is 42.7 Å². The van der Waals surface area contributed by atoms with E-state index in [1.165, 1.54) is 0 Å². The number of thioether (sulfide) groups is 1. The third-order valence-electron chi connectivity index (χ3n) is 5.39. The first-order chi connectivity index (χ1) is 13.6. The molecule has 28 heavy (non-hydrogen) atoms. The summed E-state index contributed by atoms with van der Waals surface area (Å²) in [4.78, 5) is 29.5. The highest BCUT2D eigenvalue weighted by atomic mass is 32.2. The molecule has 0 N–H and O–H groups in total. The predicted molar refractivity (Wildman–Crippen MR) is 112 cm³/mol. The van der Waals surface area contributed by atoms with Crippen LogP contribution in [0.3, 0.4) is 0 Å². The van der Waals surface area contributed by atoms with E-state index in [9.17, 15) is 9.59 Å². The Bertz CT molecular complexity index is 866. The summed E-state index contributed by atoms with van der Waals surface area (Å²) in [6.07, 6.45) is 0.281. The Morgan fingerprint density at radius 1 is 1.11 bits per heavy atom. The number of ether oxygens (including phenoxy) is 1. The molecule has 6 heteroatoms. The van der Waals surface area contributed by atoms with E-state index < -0.39 is 0 Å². The predicted octanol–water partition coefficient (Wildman–Crippen LogP) is 3.63. The smallest absolute Gasteiger partial charge is 0.229 e. The van der Waals surface area contributed by atoms with Crippen molar-refractivity contribution >= 4 is 29.3 Å². The summed E-state index contributed by atoms with van der Waals surface area (Å²) in [5.41, 5.74) is 3.12. The number of rotatable bonds is 4. The number of amides is 2. The number of nitrogens with zero attached hydrogens (tertiary/aromatic N) is 2. The molecule has 2 amide bonds. The first kappa shape index (κ1) is 18.9. The van der Waals surface area contributed by atoms with Crippen molar-refractivity contribution in [3.63, 3.8) is 0 Å². The van der Waals surface area contributed by atoms with E-state index in [0.717, 1.165) is 34.9 Å². The summed E-state index contributed by atoms with van der Waals surface area (Å²) in [6.45, 7) is 3.19. The van der Waals surface area contributed by atoms with Crippen LogP contribution in [0.25, 0.3) is 0 Å². The number of carbonyl (C=O) groups excluding carboxylic acids is 2. The number of anilines is 1. The van der Waals surface area contributed by atoms with Gasteiger partial charge in [0.25, 0.3) is 0 Å². The second kappa shape index (κ2) is 7.87. The quantitative estimate of drug-likeness (QED) is 0.792. The lowest BCUT2D eigenvalue weighted by Crippen LogP contribution is -2.37. The fraction of sp³-hybridized carbons (Fsp3) is 0.364. The van der Waals surface area contributed by atoms with Crippen molar-refractivity contribution in [3.8, 4) is 5.75 Å². The van der Waals surface area contributed by atoms with Gasteiger partial charge in [0, 0.05) is 31.0 Å². The van der Waals surface area contributed by atoms with Crippen LogP contribution >= 0.6 is 11.8 Å². The number of methoxy groups -OCH3 is 1. The van der Waals surface area contributed by atoms with Crippen molar-refractivity contribution in [2.45, 2.75) is 18.7 Å². The number of hydrogen-bond acceptors (Lipinski definition) is 4. The van der Waals surface area contributed by atoms with Gasteiger partial charge >= 0.3 is 0 Å². The van der Waals surface area contributed by atoms with Crippen molar-refractivity contribution in [2.75, 3.05) is 30.9 Å². The van der Waals surface area contributed by atoms with Crippen LogP contribution in [0.2, 0.25) is 0 Å². The fourth-order valence-corrected chi connectivity index (χ4v) is 5.09. The zero-order valence-electron chi connectivity index (χ0n) is 16.1. The summed E-state index contributed by atoms with van der Waals surface area (Å²) in [5, 5.41) is 0.00179. The van der Waals surface area contributed by atoms with Crippen molar-refractivity contribution in [2.24, 2.45) is 5.92 Å². The van der Waals surface area contributed by atoms with Gasteiger partial charge < -0.3 is 14.5 Å².